The Morgan fingerprint density at radius 2 is 1.67 bits per heavy atom. The van der Waals surface area contributed by atoms with E-state index in [1.54, 1.807) is 6.92 Å². The average molecular weight is 294 g/mol. The Balaban J connectivity index is 2.10. The van der Waals surface area contributed by atoms with Crippen LogP contribution >= 0.6 is 0 Å². The molecule has 0 radical (unpaired) electrons. The van der Waals surface area contributed by atoms with E-state index in [1.807, 2.05) is 0 Å². The maximum atomic E-state index is 11.3. The number of phenols is 1. The monoisotopic (exact) mass is 294 g/mol. The van der Waals surface area contributed by atoms with Gasteiger partial charge in [0.15, 0.2) is 0 Å². The molecule has 6 heteroatoms. The largest absolute Gasteiger partial charge is 0.513 e. The van der Waals surface area contributed by atoms with Gasteiger partial charge in [-0.3, -0.25) is 0 Å². The number of hydrogen-bond donors (Lipinski definition) is 1. The molecule has 0 amide bonds. The van der Waals surface area contributed by atoms with Crippen LogP contribution in [0.5, 0.6) is 11.5 Å². The van der Waals surface area contributed by atoms with Crippen LogP contribution in [0.1, 0.15) is 19.8 Å². The van der Waals surface area contributed by atoms with Crippen LogP contribution in [0, 0.1) is 0 Å². The van der Waals surface area contributed by atoms with Crippen molar-refractivity contribution in [3.63, 3.8) is 0 Å². The van der Waals surface area contributed by atoms with Gasteiger partial charge in [0, 0.05) is 5.57 Å². The lowest BCUT2D eigenvalue weighted by atomic mass is 10.3. The molecule has 0 aliphatic heterocycles. The summed E-state index contributed by atoms with van der Waals surface area (Å²) >= 11 is 0. The van der Waals surface area contributed by atoms with Crippen LogP contribution in [0.3, 0.4) is 0 Å². The first kappa shape index (κ1) is 16.6. The molecule has 6 nitrogen and oxygen atoms in total. The molecule has 0 atom stereocenters. The number of esters is 1. The van der Waals surface area contributed by atoms with Crippen molar-refractivity contribution >= 4 is 12.1 Å². The van der Waals surface area contributed by atoms with Crippen molar-refractivity contribution in [1.29, 1.82) is 0 Å². The number of aromatic hydroxyl groups is 1. The minimum atomic E-state index is -0.820. The summed E-state index contributed by atoms with van der Waals surface area (Å²) in [7, 11) is 0. The summed E-state index contributed by atoms with van der Waals surface area (Å²) in [6, 6.07) is 5.71. The van der Waals surface area contributed by atoms with Crippen molar-refractivity contribution in [1.82, 2.24) is 0 Å². The summed E-state index contributed by atoms with van der Waals surface area (Å²) in [6.45, 7) is 5.46. The van der Waals surface area contributed by atoms with Gasteiger partial charge in [0.05, 0.1) is 13.2 Å². The Hall–Kier alpha value is -2.50. The van der Waals surface area contributed by atoms with Gasteiger partial charge in [0.1, 0.15) is 11.5 Å². The number of unbranched alkanes of at least 4 members (excludes halogenated alkanes) is 1. The molecule has 0 spiro atoms. The van der Waals surface area contributed by atoms with Crippen molar-refractivity contribution in [3.8, 4) is 11.5 Å². The third-order valence-corrected chi connectivity index (χ3v) is 2.38. The minimum absolute atomic E-state index is 0.0834. The van der Waals surface area contributed by atoms with Crippen LogP contribution < -0.4 is 4.74 Å². The van der Waals surface area contributed by atoms with Crippen LogP contribution in [0.4, 0.5) is 4.79 Å². The van der Waals surface area contributed by atoms with E-state index in [0.29, 0.717) is 18.4 Å². The number of carbonyl (C=O) groups excluding carboxylic acids is 2. The molecule has 1 aromatic carbocycles. The summed E-state index contributed by atoms with van der Waals surface area (Å²) in [5, 5.41) is 9.07. The maximum Gasteiger partial charge on any atom is 0.513 e. The minimum Gasteiger partial charge on any atom is -0.508 e. The number of rotatable bonds is 7. The number of ether oxygens (including phenoxy) is 3. The Morgan fingerprint density at radius 1 is 1.10 bits per heavy atom. The molecule has 0 unspecified atom stereocenters. The zero-order valence-corrected chi connectivity index (χ0v) is 11.8. The van der Waals surface area contributed by atoms with Gasteiger partial charge in [-0.15, -0.1) is 0 Å². The standard InChI is InChI=1S/C15H18O6/c1-11(2)14(17)19-9-3-4-10-20-15(18)21-13-7-5-12(16)6-8-13/h5-8,16H,1,3-4,9-10H2,2H3. The molecule has 1 rings (SSSR count). The average Bonchev–Trinajstić information content (AvgIpc) is 2.44. The van der Waals surface area contributed by atoms with Crippen LogP contribution in [-0.2, 0) is 14.3 Å². The normalized spacial score (nSPS) is 9.76. The number of phenolic OH excluding ortho intramolecular Hbond substituents is 1. The summed E-state index contributed by atoms with van der Waals surface area (Å²) in [6.07, 6.45) is 0.305. The van der Waals surface area contributed by atoms with E-state index in [0.717, 1.165) is 0 Å². The highest BCUT2D eigenvalue weighted by molar-refractivity contribution is 5.86. The van der Waals surface area contributed by atoms with Gasteiger partial charge in [-0.05, 0) is 44.0 Å². The summed E-state index contributed by atoms with van der Waals surface area (Å²) in [5.74, 6) is -0.0594. The third-order valence-electron chi connectivity index (χ3n) is 2.38. The first-order valence-corrected chi connectivity index (χ1v) is 6.45. The lowest BCUT2D eigenvalue weighted by Gasteiger charge is -2.06. The highest BCUT2D eigenvalue weighted by Crippen LogP contribution is 2.16. The van der Waals surface area contributed by atoms with Crippen LogP contribution in [-0.4, -0.2) is 30.4 Å². The molecule has 1 N–H and O–H groups in total. The van der Waals surface area contributed by atoms with E-state index >= 15 is 0 Å². The molecular formula is C15H18O6. The Labute approximate surface area is 122 Å². The SMILES string of the molecule is C=C(C)C(=O)OCCCCOC(=O)Oc1ccc(O)cc1. The van der Waals surface area contributed by atoms with Crippen molar-refractivity contribution in [2.45, 2.75) is 19.8 Å². The summed E-state index contributed by atoms with van der Waals surface area (Å²) in [4.78, 5) is 22.4. The zero-order chi connectivity index (χ0) is 15.7. The third kappa shape index (κ3) is 7.00. The fourth-order valence-electron chi connectivity index (χ4n) is 1.29. The molecule has 0 bridgehead atoms. The van der Waals surface area contributed by atoms with Gasteiger partial charge in [-0.25, -0.2) is 9.59 Å². The predicted octanol–water partition coefficient (Wildman–Crippen LogP) is 2.81. The smallest absolute Gasteiger partial charge is 0.508 e. The molecule has 0 aromatic heterocycles. The lowest BCUT2D eigenvalue weighted by Crippen LogP contribution is -2.12. The second kappa shape index (κ2) is 8.63. The zero-order valence-electron chi connectivity index (χ0n) is 11.8. The van der Waals surface area contributed by atoms with Gasteiger partial charge in [-0.2, -0.15) is 0 Å². The van der Waals surface area contributed by atoms with Crippen LogP contribution in [0.15, 0.2) is 36.4 Å². The molecule has 1 aromatic rings. The van der Waals surface area contributed by atoms with E-state index in [4.69, 9.17) is 19.3 Å². The van der Waals surface area contributed by atoms with Gasteiger partial charge in [0.2, 0.25) is 0 Å². The molecule has 21 heavy (non-hydrogen) atoms. The first-order chi connectivity index (χ1) is 9.99. The highest BCUT2D eigenvalue weighted by Gasteiger charge is 2.06. The molecular weight excluding hydrogens is 276 g/mol. The van der Waals surface area contributed by atoms with Crippen molar-refractivity contribution in [2.24, 2.45) is 0 Å². The Kier molecular flexibility index (Phi) is 6.80. The van der Waals surface area contributed by atoms with Crippen LogP contribution in [0.25, 0.3) is 0 Å². The van der Waals surface area contributed by atoms with Crippen LogP contribution in [0.2, 0.25) is 0 Å². The number of benzene rings is 1. The van der Waals surface area contributed by atoms with E-state index in [-0.39, 0.29) is 24.7 Å². The molecule has 0 saturated heterocycles. The van der Waals surface area contributed by atoms with Crippen molar-refractivity contribution in [2.75, 3.05) is 13.2 Å². The molecule has 0 aliphatic carbocycles. The predicted molar refractivity (Wildman–Crippen MR) is 75.1 cm³/mol. The van der Waals surface area contributed by atoms with Gasteiger partial charge >= 0.3 is 12.1 Å². The quantitative estimate of drug-likeness (QED) is 0.360. The van der Waals surface area contributed by atoms with E-state index < -0.39 is 12.1 Å². The number of carbonyl (C=O) groups is 2. The second-order valence-electron chi connectivity index (χ2n) is 4.32. The summed E-state index contributed by atoms with van der Waals surface area (Å²) < 4.78 is 14.6. The fourth-order valence-corrected chi connectivity index (χ4v) is 1.29. The molecule has 0 fully saturated rings. The molecule has 0 saturated carbocycles. The molecule has 114 valence electrons. The lowest BCUT2D eigenvalue weighted by molar-refractivity contribution is -0.139. The Morgan fingerprint density at radius 3 is 2.24 bits per heavy atom. The second-order valence-corrected chi connectivity index (χ2v) is 4.32. The van der Waals surface area contributed by atoms with Crippen molar-refractivity contribution < 1.29 is 28.9 Å². The molecule has 0 aliphatic rings. The fraction of sp³-hybridized carbons (Fsp3) is 0.333. The first-order valence-electron chi connectivity index (χ1n) is 6.45. The van der Waals surface area contributed by atoms with Gasteiger partial charge in [0.25, 0.3) is 0 Å². The van der Waals surface area contributed by atoms with E-state index in [2.05, 4.69) is 6.58 Å². The van der Waals surface area contributed by atoms with E-state index in [1.165, 1.54) is 24.3 Å². The Bertz CT molecular complexity index is 491. The highest BCUT2D eigenvalue weighted by atomic mass is 16.7. The topological polar surface area (TPSA) is 82.1 Å². The maximum absolute atomic E-state index is 11.3. The van der Waals surface area contributed by atoms with Gasteiger partial charge < -0.3 is 19.3 Å². The van der Waals surface area contributed by atoms with Crippen molar-refractivity contribution in [3.05, 3.63) is 36.4 Å². The van der Waals surface area contributed by atoms with E-state index in [9.17, 15) is 9.59 Å². The summed E-state index contributed by atoms with van der Waals surface area (Å²) in [5.41, 5.74) is 0.351. The number of hydrogen-bond acceptors (Lipinski definition) is 6. The molecule has 0 heterocycles. The van der Waals surface area contributed by atoms with Gasteiger partial charge in [-0.1, -0.05) is 6.58 Å².